The Morgan fingerprint density at radius 1 is 0.319 bits per heavy atom. The second-order valence-electron chi connectivity index (χ2n) is 25.7. The number of halogens is 12. The van der Waals surface area contributed by atoms with Crippen molar-refractivity contribution in [3.63, 3.8) is 0 Å². The number of nitrogens with zero attached hydrogens (tertiary/aromatic N) is 3. The third kappa shape index (κ3) is 24.1. The van der Waals surface area contributed by atoms with Gasteiger partial charge in [0, 0.05) is 84.8 Å². The molecule has 0 saturated heterocycles. The second kappa shape index (κ2) is 37.2. The first-order chi connectivity index (χ1) is 53.4. The molecule has 0 unspecified atom stereocenters. The number of sulfonamides is 1. The van der Waals surface area contributed by atoms with Crippen molar-refractivity contribution in [2.75, 3.05) is 5.75 Å². The van der Waals surface area contributed by atoms with Gasteiger partial charge in [-0.2, -0.15) is 57.0 Å². The van der Waals surface area contributed by atoms with Crippen molar-refractivity contribution in [3.8, 4) is 0 Å². The minimum atomic E-state index is -5.81. The number of benzene rings is 9. The molecule has 9 aromatic carbocycles. The van der Waals surface area contributed by atoms with Crippen LogP contribution in [0.25, 0.3) is 0 Å². The van der Waals surface area contributed by atoms with Crippen LogP contribution in [-0.4, -0.2) is 110 Å². The monoisotopic (exact) mass is 1760 g/mol. The van der Waals surface area contributed by atoms with Gasteiger partial charge in [0.05, 0.1) is 5.75 Å². The van der Waals surface area contributed by atoms with Crippen molar-refractivity contribution in [2.45, 2.75) is 92.4 Å². The average Bonchev–Trinajstić information content (AvgIpc) is 0.817. The van der Waals surface area contributed by atoms with Crippen molar-refractivity contribution in [3.05, 3.63) is 320 Å². The number of aryl methyl sites for hydroxylation is 1. The number of alkyl halides is 12. The zero-order valence-corrected chi connectivity index (χ0v) is 64.7. The lowest BCUT2D eigenvalue weighted by Crippen LogP contribution is -2.45. The quantitative estimate of drug-likeness (QED) is 0.0109. The molecule has 14 N–H and O–H groups in total. The van der Waals surface area contributed by atoms with E-state index in [1.54, 1.807) is 78.9 Å². The minimum absolute atomic E-state index is 0.126. The van der Waals surface area contributed by atoms with E-state index in [0.29, 0.717) is 22.3 Å². The number of aliphatic hydroxyl groups is 3. The van der Waals surface area contributed by atoms with Gasteiger partial charge in [0.2, 0.25) is 10.0 Å². The van der Waals surface area contributed by atoms with Gasteiger partial charge < -0.3 is 79.4 Å². The van der Waals surface area contributed by atoms with Gasteiger partial charge in [-0.15, -0.1) is 0 Å². The summed E-state index contributed by atoms with van der Waals surface area (Å²) in [5.41, 5.74) is -24.2. The van der Waals surface area contributed by atoms with Crippen LogP contribution in [0.4, 0.5) is 57.5 Å². The van der Waals surface area contributed by atoms with Crippen LogP contribution < -0.4 is 5.32 Å². The van der Waals surface area contributed by atoms with Crippen LogP contribution in [0.2, 0.25) is 0 Å². The number of nitrogens with one attached hydrogen (secondary N) is 1. The number of rotatable bonds is 31. The number of carbonyl (C=O) groups excluding carboxylic acids is 2. The summed E-state index contributed by atoms with van der Waals surface area (Å²) in [5.74, 6) is -9.55. The van der Waals surface area contributed by atoms with Crippen molar-refractivity contribution in [1.82, 2.24) is 19.4 Å². The summed E-state index contributed by atoms with van der Waals surface area (Å²) in [4.78, 5) is 118. The molecule has 116 heavy (non-hydrogen) atoms. The maximum atomic E-state index is 14.0. The van der Waals surface area contributed by atoms with Gasteiger partial charge in [-0.05, 0) is 63.1 Å². The standard InChI is InChI=1S/C25H25F4N2O7P.C24H25F4NO8P2S.C23H21F4NO7P2/c26-23(27,25(33,34)35)20-10-6-18(7-11-20)15-31(22(32)30-14-17-4-2-1-3-5-17)16-19-8-12-21(13-9-19)24(28,29)39(36,37)38;25-23(26,38(30,31)32)21-10-6-19(7-11-21)16-29(40(36,37)15-14-18-4-2-1-3-5-18)17-20-8-12-22(13-9-20)24(27,28)39(33,34)35;24-22(25,36(30,31)32)19-10-6-16(7-11-19)14-28(21(29)18-4-2-1-3-5-18)15-17-8-12-20(13-9-17)23(26,27)37(33,34)35/h1-13,33-35H,14-16H2,(H,30,32)(H2,36,37,38);1-13H,14-17H2,(H2,30,31,32)(H2,33,34,35);1-13H,14-15H2,(H2,30,31,32)(H2,33,34,35). The maximum absolute atomic E-state index is 14.0. The van der Waals surface area contributed by atoms with Crippen molar-refractivity contribution in [1.29, 1.82) is 0 Å². The molecule has 3 amide bonds. The Bertz CT molecular complexity index is 5040. The first kappa shape index (κ1) is 94.6. The summed E-state index contributed by atoms with van der Waals surface area (Å²) in [6, 6.07) is 48.4. The Balaban J connectivity index is 0.000000241. The van der Waals surface area contributed by atoms with Gasteiger partial charge in [0.1, 0.15) is 0 Å². The smallest absolute Gasteiger partial charge is 0.339 e. The van der Waals surface area contributed by atoms with E-state index in [0.717, 1.165) is 112 Å². The summed E-state index contributed by atoms with van der Waals surface area (Å²) < 4.78 is 251. The molecule has 9 aromatic rings. The molecular formula is C72H71F12N4O22P5S. The molecule has 9 rings (SSSR count). The van der Waals surface area contributed by atoms with Crippen LogP contribution in [0.15, 0.2) is 237 Å². The van der Waals surface area contributed by atoms with E-state index in [2.05, 4.69) is 5.32 Å². The second-order valence-corrected chi connectivity index (χ2v) is 36.0. The highest BCUT2D eigenvalue weighted by Crippen LogP contribution is 2.63. The fraction of sp³-hybridized carbons (Fsp3) is 0.222. The summed E-state index contributed by atoms with van der Waals surface area (Å²) in [6.07, 6.45) is 0.126. The molecule has 0 aliphatic heterocycles. The van der Waals surface area contributed by atoms with E-state index in [-0.39, 0.29) is 74.7 Å². The van der Waals surface area contributed by atoms with Gasteiger partial charge in [0.15, 0.2) is 0 Å². The van der Waals surface area contributed by atoms with E-state index in [9.17, 15) is 93.5 Å². The number of hydrogen-bond acceptors (Lipinski definition) is 12. The Morgan fingerprint density at radius 3 is 0.828 bits per heavy atom. The van der Waals surface area contributed by atoms with E-state index < -0.39 is 134 Å². The van der Waals surface area contributed by atoms with Crippen molar-refractivity contribution >= 4 is 59.9 Å². The van der Waals surface area contributed by atoms with Gasteiger partial charge in [-0.1, -0.05) is 224 Å². The van der Waals surface area contributed by atoms with Crippen molar-refractivity contribution in [2.24, 2.45) is 0 Å². The predicted molar refractivity (Wildman–Crippen MR) is 393 cm³/mol. The van der Waals surface area contributed by atoms with Crippen LogP contribution in [0.5, 0.6) is 0 Å². The topological polar surface area (TPSA) is 438 Å². The van der Waals surface area contributed by atoms with Gasteiger partial charge in [0.25, 0.3) is 5.91 Å². The third-order valence-electron chi connectivity index (χ3n) is 17.1. The molecule has 0 aromatic heterocycles. The van der Waals surface area contributed by atoms with E-state index in [4.69, 9.17) is 64.3 Å². The molecule has 0 aliphatic carbocycles. The zero-order chi connectivity index (χ0) is 86.7. The first-order valence-electron chi connectivity index (χ1n) is 33.1. The minimum Gasteiger partial charge on any atom is -0.339 e. The van der Waals surface area contributed by atoms with Crippen LogP contribution in [-0.2, 0) is 119 Å². The van der Waals surface area contributed by atoms with Crippen LogP contribution in [0.1, 0.15) is 88.2 Å². The molecule has 0 fully saturated rings. The Kier molecular flexibility index (Phi) is 30.3. The SMILES string of the molecule is O=C(NCc1ccccc1)N(Cc1ccc(C(F)(F)C(O)(O)O)cc1)Cc1ccc(C(F)(F)P(=O)(O)O)cc1.O=C(c1ccccc1)N(Cc1ccc(C(F)(F)P(=O)(O)O)cc1)Cc1ccc(C(F)(F)P(=O)(O)O)cc1.O=P(O)(O)C(F)(F)c1ccc(CN(Cc2ccc(C(F)(F)P(=O)(O)O)cc2)S(=O)(=O)CCc2ccccc2)cc1. The zero-order valence-electron chi connectivity index (χ0n) is 59.4. The number of hydrogen-bond donors (Lipinski definition) is 14. The fourth-order valence-electron chi connectivity index (χ4n) is 10.5. The number of amides is 3. The average molecular weight is 1760 g/mol. The Morgan fingerprint density at radius 2 is 0.560 bits per heavy atom. The van der Waals surface area contributed by atoms with Crippen LogP contribution in [0, 0.1) is 0 Å². The lowest BCUT2D eigenvalue weighted by Gasteiger charge is -2.26. The van der Waals surface area contributed by atoms with E-state index in [1.807, 2.05) is 0 Å². The molecule has 44 heteroatoms. The van der Waals surface area contributed by atoms with Gasteiger partial charge >= 0.3 is 84.2 Å². The summed E-state index contributed by atoms with van der Waals surface area (Å²) in [5, 5.41) is 29.5. The summed E-state index contributed by atoms with van der Waals surface area (Å²) in [7, 11) is -33.0. The number of urea groups is 1. The molecule has 0 heterocycles. The number of carbonyl (C=O) groups is 2. The van der Waals surface area contributed by atoms with Crippen LogP contribution >= 0.6 is 38.0 Å². The molecule has 0 aliphatic rings. The molecular weight excluding hydrogens is 1690 g/mol. The van der Waals surface area contributed by atoms with Crippen LogP contribution in [0.3, 0.4) is 0 Å². The maximum Gasteiger partial charge on any atom is 0.399 e. The lowest BCUT2D eigenvalue weighted by molar-refractivity contribution is -0.412. The molecule has 0 spiro atoms. The van der Waals surface area contributed by atoms with Crippen molar-refractivity contribution < 1.29 is 158 Å². The predicted octanol–water partition coefficient (Wildman–Crippen LogP) is 13.2. The van der Waals surface area contributed by atoms with Gasteiger partial charge in [-0.3, -0.25) is 27.6 Å². The highest BCUT2D eigenvalue weighted by molar-refractivity contribution is 7.89. The molecule has 0 atom stereocenters. The summed E-state index contributed by atoms with van der Waals surface area (Å²) >= 11 is 0. The highest BCUT2D eigenvalue weighted by atomic mass is 32.2. The normalized spacial score (nSPS) is 13.1. The Hall–Kier alpha value is -8.58. The first-order valence-corrected chi connectivity index (χ1v) is 42.8. The molecule has 0 bridgehead atoms. The molecule has 26 nitrogen and oxygen atoms in total. The fourth-order valence-corrected chi connectivity index (χ4v) is 14.4. The largest absolute Gasteiger partial charge is 0.399 e. The molecule has 0 radical (unpaired) electrons. The highest BCUT2D eigenvalue weighted by Gasteiger charge is 2.55. The Labute approximate surface area is 652 Å². The van der Waals surface area contributed by atoms with E-state index in [1.165, 1.54) is 70.5 Å². The van der Waals surface area contributed by atoms with Gasteiger partial charge in [-0.25, -0.2) is 13.2 Å². The third-order valence-corrected chi connectivity index (χ3v) is 23.8. The van der Waals surface area contributed by atoms with E-state index >= 15 is 0 Å². The lowest BCUT2D eigenvalue weighted by atomic mass is 10.0. The molecule has 0 saturated carbocycles. The summed E-state index contributed by atoms with van der Waals surface area (Å²) in [6.45, 7) is -1.19. The molecule has 626 valence electrons.